The summed E-state index contributed by atoms with van der Waals surface area (Å²) in [5, 5.41) is 9.69. The van der Waals surface area contributed by atoms with Gasteiger partial charge in [-0.05, 0) is 40.3 Å². The summed E-state index contributed by atoms with van der Waals surface area (Å²) in [6, 6.07) is -0.759. The van der Waals surface area contributed by atoms with Crippen LogP contribution in [0.4, 0.5) is 4.79 Å². The minimum Gasteiger partial charge on any atom is -0.467 e. The Kier molecular flexibility index (Phi) is 13.5. The summed E-state index contributed by atoms with van der Waals surface area (Å²) >= 11 is 0. The van der Waals surface area contributed by atoms with Crippen LogP contribution in [0.5, 0.6) is 0 Å². The average Bonchev–Trinajstić information content (AvgIpc) is 2.89. The first-order valence-electron chi connectivity index (χ1n) is 9.15. The first-order chi connectivity index (χ1) is 11.1. The van der Waals surface area contributed by atoms with Crippen molar-refractivity contribution in [2.75, 3.05) is 7.11 Å². The van der Waals surface area contributed by atoms with Gasteiger partial charge in [0.2, 0.25) is 0 Å². The molecule has 1 N–H and O–H groups in total. The van der Waals surface area contributed by atoms with Gasteiger partial charge in [-0.1, -0.05) is 20.8 Å². The van der Waals surface area contributed by atoms with Gasteiger partial charge in [0.1, 0.15) is 17.9 Å². The van der Waals surface area contributed by atoms with E-state index in [1.807, 2.05) is 0 Å². The van der Waals surface area contributed by atoms with E-state index in [0.29, 0.717) is 19.6 Å². The number of carbonyl (C=O) groups excluding carboxylic acids is 2. The maximum Gasteiger partial charge on any atom is 1.00 e. The largest absolute Gasteiger partial charge is 1.00 e. The number of ether oxygens (including phenoxy) is 2. The molecule has 1 rings (SSSR count). The smallest absolute Gasteiger partial charge is 0.467 e. The molecule has 0 aromatic heterocycles. The zero-order valence-corrected chi connectivity index (χ0v) is 17.4. The Balaban J connectivity index is 0. The van der Waals surface area contributed by atoms with Crippen LogP contribution >= 0.6 is 0 Å². The molecule has 0 bridgehead atoms. The molecule has 1 aliphatic heterocycles. The van der Waals surface area contributed by atoms with Crippen LogP contribution in [0.3, 0.4) is 0 Å². The summed E-state index contributed by atoms with van der Waals surface area (Å²) in [6.07, 6.45) is 3.35. The molecular weight excluding hydrogens is 316 g/mol. The van der Waals surface area contributed by atoms with Crippen molar-refractivity contribution in [1.82, 2.24) is 4.90 Å². The number of hydrogen-bond acceptors (Lipinski definition) is 5. The minimum atomic E-state index is -0.992. The number of esters is 1. The predicted molar refractivity (Wildman–Crippen MR) is 97.7 cm³/mol. The molecule has 0 aromatic carbocycles. The Morgan fingerprint density at radius 1 is 1.12 bits per heavy atom. The van der Waals surface area contributed by atoms with Crippen LogP contribution in [-0.4, -0.2) is 53.8 Å². The summed E-state index contributed by atoms with van der Waals surface area (Å²) in [7, 11) is 1.25. The number of likely N-dealkylation sites (tertiary alicyclic amines) is 1. The molecule has 0 aliphatic carbocycles. The van der Waals surface area contributed by atoms with Gasteiger partial charge in [-0.2, -0.15) is 19.0 Å². The van der Waals surface area contributed by atoms with Crippen molar-refractivity contribution < 1.29 is 43.0 Å². The molecular formula is C17H35BLiNO5. The molecule has 1 heterocycles. The predicted octanol–water partition coefficient (Wildman–Crippen LogP) is 0.155. The Bertz CT molecular complexity index is 393. The zero-order chi connectivity index (χ0) is 18.9. The standard InChI is InChI=1S/C11H19NO5.C6H16B.Li/c1-11(2,3)17-10(15)12-7(9(14)16-4)5-6-8(12)13;1-4-7(5-2)6-3;/h7-8,13H,5-6H2,1-4H3;7H,4-6H2,1-3H3;/q;-1;+1/t7-,8?;;/m1../s1. The molecule has 6 nitrogen and oxygen atoms in total. The molecule has 0 spiro atoms. The molecule has 1 amide bonds. The normalized spacial score (nSPS) is 19.6. The van der Waals surface area contributed by atoms with Gasteiger partial charge in [0.15, 0.2) is 0 Å². The number of aliphatic hydroxyl groups excluding tert-OH is 1. The third kappa shape index (κ3) is 9.58. The fraction of sp³-hybridized carbons (Fsp3) is 0.882. The summed E-state index contributed by atoms with van der Waals surface area (Å²) in [4.78, 5) is 24.3. The molecule has 0 saturated carbocycles. The topological polar surface area (TPSA) is 76.1 Å². The number of rotatable bonds is 4. The first-order valence-corrected chi connectivity index (χ1v) is 9.15. The summed E-state index contributed by atoms with van der Waals surface area (Å²) < 4.78 is 9.73. The maximum absolute atomic E-state index is 11.8. The number of hydrogen-bond donors (Lipinski definition) is 1. The van der Waals surface area contributed by atoms with Crippen LogP contribution in [0, 0.1) is 0 Å². The third-order valence-corrected chi connectivity index (χ3v) is 4.55. The fourth-order valence-corrected chi connectivity index (χ4v) is 2.78. The second kappa shape index (κ2) is 12.7. The van der Waals surface area contributed by atoms with E-state index in [2.05, 4.69) is 25.5 Å². The Morgan fingerprint density at radius 3 is 1.92 bits per heavy atom. The van der Waals surface area contributed by atoms with Gasteiger partial charge in [-0.15, -0.1) is 0 Å². The van der Waals surface area contributed by atoms with Crippen LogP contribution in [0.2, 0.25) is 19.0 Å². The third-order valence-electron chi connectivity index (χ3n) is 4.55. The SMILES string of the molecule is CC[BH-](CC)CC.COC(=O)[C@H]1CCC(O)N1C(=O)OC(C)(C)C.[Li+]. The number of amides is 1. The molecule has 1 unspecified atom stereocenters. The second-order valence-electron chi connectivity index (χ2n) is 7.55. The van der Waals surface area contributed by atoms with E-state index in [4.69, 9.17) is 4.74 Å². The van der Waals surface area contributed by atoms with Crippen LogP contribution in [0.15, 0.2) is 0 Å². The van der Waals surface area contributed by atoms with Crippen molar-refractivity contribution >= 4 is 18.8 Å². The molecule has 2 atom stereocenters. The summed E-state index contributed by atoms with van der Waals surface area (Å²) in [6.45, 7) is 12.4. The van der Waals surface area contributed by atoms with Crippen molar-refractivity contribution in [3.05, 3.63) is 0 Å². The minimum absolute atomic E-state index is 0. The number of carbonyl (C=O) groups is 2. The number of methoxy groups -OCH3 is 1. The van der Waals surface area contributed by atoms with E-state index in [1.54, 1.807) is 20.8 Å². The van der Waals surface area contributed by atoms with Crippen molar-refractivity contribution in [3.8, 4) is 0 Å². The van der Waals surface area contributed by atoms with Gasteiger partial charge in [-0.3, -0.25) is 4.90 Å². The van der Waals surface area contributed by atoms with E-state index in [-0.39, 0.29) is 18.9 Å². The van der Waals surface area contributed by atoms with Gasteiger partial charge in [0, 0.05) is 0 Å². The molecule has 25 heavy (non-hydrogen) atoms. The molecule has 0 aromatic rings. The van der Waals surface area contributed by atoms with Crippen LogP contribution in [0.1, 0.15) is 54.4 Å². The van der Waals surface area contributed by atoms with Gasteiger partial charge >= 0.3 is 30.9 Å². The van der Waals surface area contributed by atoms with Crippen molar-refractivity contribution in [2.24, 2.45) is 0 Å². The average molecular weight is 351 g/mol. The molecule has 1 fully saturated rings. The Morgan fingerprint density at radius 2 is 1.60 bits per heavy atom. The second-order valence-corrected chi connectivity index (χ2v) is 7.55. The van der Waals surface area contributed by atoms with Crippen molar-refractivity contribution in [2.45, 2.75) is 91.2 Å². The van der Waals surface area contributed by atoms with Crippen molar-refractivity contribution in [3.63, 3.8) is 0 Å². The molecule has 1 aliphatic rings. The van der Waals surface area contributed by atoms with E-state index in [0.717, 1.165) is 4.90 Å². The quantitative estimate of drug-likeness (QED) is 0.577. The van der Waals surface area contributed by atoms with Crippen molar-refractivity contribution in [1.29, 1.82) is 0 Å². The number of nitrogens with zero attached hydrogens (tertiary/aromatic N) is 1. The van der Waals surface area contributed by atoms with Gasteiger partial charge < -0.3 is 14.6 Å². The Hall–Kier alpha value is -0.638. The molecule has 142 valence electrons. The van der Waals surface area contributed by atoms with Crippen LogP contribution in [-0.2, 0) is 14.3 Å². The maximum atomic E-state index is 11.8. The van der Waals surface area contributed by atoms with E-state index in [1.165, 1.54) is 26.1 Å². The zero-order valence-electron chi connectivity index (χ0n) is 17.4. The number of aliphatic hydroxyl groups is 1. The van der Waals surface area contributed by atoms with E-state index < -0.39 is 29.9 Å². The fourth-order valence-electron chi connectivity index (χ4n) is 2.78. The van der Waals surface area contributed by atoms with Gasteiger partial charge in [0.05, 0.1) is 7.11 Å². The monoisotopic (exact) mass is 351 g/mol. The first kappa shape index (κ1) is 26.6. The van der Waals surface area contributed by atoms with E-state index in [9.17, 15) is 14.7 Å². The molecule has 0 radical (unpaired) electrons. The summed E-state index contributed by atoms with van der Waals surface area (Å²) in [5.74, 6) is -0.535. The Labute approximate surface area is 165 Å². The van der Waals surface area contributed by atoms with E-state index >= 15 is 0 Å². The molecule has 8 heteroatoms. The van der Waals surface area contributed by atoms with Crippen LogP contribution in [0.25, 0.3) is 0 Å². The summed E-state index contributed by atoms with van der Waals surface area (Å²) in [5.41, 5.74) is -0.667. The van der Waals surface area contributed by atoms with Gasteiger partial charge in [-0.25, -0.2) is 9.59 Å². The van der Waals surface area contributed by atoms with Gasteiger partial charge in [0.25, 0.3) is 0 Å². The molecule has 1 saturated heterocycles. The van der Waals surface area contributed by atoms with Crippen LogP contribution < -0.4 is 18.9 Å².